The van der Waals surface area contributed by atoms with E-state index >= 15 is 0 Å². The second kappa shape index (κ2) is 12.4. The minimum Gasteiger partial charge on any atom is -0.397 e. The Hall–Kier alpha value is -3.84. The minimum absolute atomic E-state index is 0.197. The van der Waals surface area contributed by atoms with Gasteiger partial charge in [0.05, 0.1) is 17.4 Å². The molecule has 1 aliphatic carbocycles. The summed E-state index contributed by atoms with van der Waals surface area (Å²) in [5.74, 6) is -0.230. The Morgan fingerprint density at radius 2 is 1.65 bits per heavy atom. The lowest BCUT2D eigenvalue weighted by atomic mass is 10.0. The molecule has 0 bridgehead atoms. The Morgan fingerprint density at radius 1 is 0.919 bits per heavy atom. The number of nitrogen functional groups attached to an aromatic ring is 1. The number of carbonyl (C=O) groups is 2. The third-order valence-corrected chi connectivity index (χ3v) is 7.07. The van der Waals surface area contributed by atoms with Crippen molar-refractivity contribution in [3.63, 3.8) is 0 Å². The van der Waals surface area contributed by atoms with Gasteiger partial charge in [-0.2, -0.15) is 0 Å². The van der Waals surface area contributed by atoms with E-state index in [-0.39, 0.29) is 18.0 Å². The van der Waals surface area contributed by atoms with Crippen molar-refractivity contribution < 1.29 is 9.59 Å². The molecule has 4 rings (SSSR count). The van der Waals surface area contributed by atoms with Gasteiger partial charge in [-0.1, -0.05) is 44.2 Å². The zero-order valence-electron chi connectivity index (χ0n) is 21.7. The standard InChI is InChI=1S/C30H37N5O2/c1-3-35(4-2)19-18-27(34-30(37)32-25-17-16-21-8-7-9-24(21)20-25)22-12-14-23(15-13-22)29(36)33-28-11-6-5-10-26(28)31/h5-6,10-17,20,27H,3-4,7-9,18-19,31H2,1-2H3,(H,33,36)(H2,32,34,37). The van der Waals surface area contributed by atoms with E-state index in [0.717, 1.165) is 50.1 Å². The molecule has 0 saturated carbocycles. The molecule has 0 radical (unpaired) electrons. The molecule has 1 atom stereocenters. The summed E-state index contributed by atoms with van der Waals surface area (Å²) in [5, 5.41) is 9.02. The summed E-state index contributed by atoms with van der Waals surface area (Å²) in [4.78, 5) is 28.1. The fourth-order valence-corrected chi connectivity index (χ4v) is 4.82. The predicted molar refractivity (Wildman–Crippen MR) is 151 cm³/mol. The van der Waals surface area contributed by atoms with E-state index in [0.29, 0.717) is 16.9 Å². The second-order valence-corrected chi connectivity index (χ2v) is 9.47. The predicted octanol–water partition coefficient (Wildman–Crippen LogP) is 5.60. The molecule has 5 N–H and O–H groups in total. The number of aryl methyl sites for hydroxylation is 2. The number of amides is 3. The summed E-state index contributed by atoms with van der Waals surface area (Å²) < 4.78 is 0. The quantitative estimate of drug-likeness (QED) is 0.273. The van der Waals surface area contributed by atoms with Gasteiger partial charge < -0.3 is 26.6 Å². The third kappa shape index (κ3) is 6.89. The van der Waals surface area contributed by atoms with Crippen molar-refractivity contribution in [3.05, 3.63) is 89.0 Å². The van der Waals surface area contributed by atoms with Crippen molar-refractivity contribution in [2.75, 3.05) is 36.0 Å². The van der Waals surface area contributed by atoms with Crippen LogP contribution in [-0.2, 0) is 12.8 Å². The van der Waals surface area contributed by atoms with Crippen LogP contribution in [0.15, 0.2) is 66.7 Å². The van der Waals surface area contributed by atoms with Crippen LogP contribution in [0.2, 0.25) is 0 Å². The molecule has 37 heavy (non-hydrogen) atoms. The molecule has 0 spiro atoms. The molecule has 3 amide bonds. The van der Waals surface area contributed by atoms with Crippen LogP contribution in [0.4, 0.5) is 21.9 Å². The normalized spacial score (nSPS) is 13.2. The molecule has 0 heterocycles. The number of nitrogens with zero attached hydrogens (tertiary/aromatic N) is 1. The average Bonchev–Trinajstić information content (AvgIpc) is 3.38. The Balaban J connectivity index is 1.45. The lowest BCUT2D eigenvalue weighted by Gasteiger charge is -2.24. The van der Waals surface area contributed by atoms with Crippen molar-refractivity contribution in [1.82, 2.24) is 10.2 Å². The number of benzene rings is 3. The van der Waals surface area contributed by atoms with Crippen LogP contribution >= 0.6 is 0 Å². The Labute approximate surface area is 219 Å². The van der Waals surface area contributed by atoms with E-state index in [4.69, 9.17) is 5.73 Å². The molecule has 1 unspecified atom stereocenters. The highest BCUT2D eigenvalue weighted by molar-refractivity contribution is 6.05. The van der Waals surface area contributed by atoms with Crippen LogP contribution in [0.1, 0.15) is 59.8 Å². The Kier molecular flexibility index (Phi) is 8.80. The zero-order valence-corrected chi connectivity index (χ0v) is 21.7. The molecule has 0 aliphatic heterocycles. The van der Waals surface area contributed by atoms with E-state index < -0.39 is 0 Å². The molecule has 7 heteroatoms. The molecule has 194 valence electrons. The first-order valence-electron chi connectivity index (χ1n) is 13.1. The number of anilines is 3. The van der Waals surface area contributed by atoms with E-state index in [2.05, 4.69) is 46.8 Å². The number of carbonyl (C=O) groups excluding carboxylic acids is 2. The maximum atomic E-state index is 13.0. The van der Waals surface area contributed by atoms with Crippen molar-refractivity contribution >= 4 is 29.0 Å². The summed E-state index contributed by atoms with van der Waals surface area (Å²) in [7, 11) is 0. The van der Waals surface area contributed by atoms with E-state index in [1.165, 1.54) is 17.5 Å². The summed E-state index contributed by atoms with van der Waals surface area (Å²) in [6, 6.07) is 20.3. The van der Waals surface area contributed by atoms with Crippen LogP contribution in [-0.4, -0.2) is 36.5 Å². The molecule has 0 aromatic heterocycles. The van der Waals surface area contributed by atoms with Gasteiger partial charge >= 0.3 is 6.03 Å². The van der Waals surface area contributed by atoms with Crippen LogP contribution in [0.3, 0.4) is 0 Å². The molecule has 0 fully saturated rings. The van der Waals surface area contributed by atoms with E-state index in [1.54, 1.807) is 24.3 Å². The van der Waals surface area contributed by atoms with Crippen molar-refractivity contribution in [3.8, 4) is 0 Å². The van der Waals surface area contributed by atoms with Crippen LogP contribution in [0.5, 0.6) is 0 Å². The summed E-state index contributed by atoms with van der Waals surface area (Å²) in [6.07, 6.45) is 4.11. The Morgan fingerprint density at radius 3 is 2.38 bits per heavy atom. The topological polar surface area (TPSA) is 99.5 Å². The number of para-hydroxylation sites is 2. The number of rotatable bonds is 10. The van der Waals surface area contributed by atoms with Gasteiger partial charge in [0.15, 0.2) is 0 Å². The lowest BCUT2D eigenvalue weighted by molar-refractivity contribution is 0.102. The van der Waals surface area contributed by atoms with Gasteiger partial charge in [-0.05, 0) is 91.9 Å². The van der Waals surface area contributed by atoms with E-state index in [9.17, 15) is 9.59 Å². The highest BCUT2D eigenvalue weighted by Crippen LogP contribution is 2.25. The first kappa shape index (κ1) is 26.2. The van der Waals surface area contributed by atoms with Gasteiger partial charge in [0.2, 0.25) is 0 Å². The number of urea groups is 1. The van der Waals surface area contributed by atoms with Gasteiger partial charge in [-0.25, -0.2) is 4.79 Å². The highest BCUT2D eigenvalue weighted by atomic mass is 16.2. The van der Waals surface area contributed by atoms with Crippen molar-refractivity contribution in [2.24, 2.45) is 0 Å². The second-order valence-electron chi connectivity index (χ2n) is 9.47. The molecular weight excluding hydrogens is 462 g/mol. The number of hydrogen-bond donors (Lipinski definition) is 4. The van der Waals surface area contributed by atoms with Gasteiger partial charge in [0.25, 0.3) is 5.91 Å². The lowest BCUT2D eigenvalue weighted by Crippen LogP contribution is -2.35. The number of nitrogens with one attached hydrogen (secondary N) is 3. The molecule has 3 aromatic rings. The van der Waals surface area contributed by atoms with Gasteiger partial charge in [0, 0.05) is 17.8 Å². The molecule has 7 nitrogen and oxygen atoms in total. The van der Waals surface area contributed by atoms with Crippen molar-refractivity contribution in [1.29, 1.82) is 0 Å². The SMILES string of the molecule is CCN(CC)CCC(NC(=O)Nc1ccc2c(c1)CCC2)c1ccc(C(=O)Nc2ccccc2N)cc1. The number of fused-ring (bicyclic) bond motifs is 1. The van der Waals surface area contributed by atoms with Gasteiger partial charge in [-0.3, -0.25) is 4.79 Å². The molecule has 1 aliphatic rings. The first-order valence-corrected chi connectivity index (χ1v) is 13.1. The van der Waals surface area contributed by atoms with Crippen molar-refractivity contribution in [2.45, 2.75) is 45.6 Å². The number of nitrogens with two attached hydrogens (primary N) is 1. The largest absolute Gasteiger partial charge is 0.397 e. The van der Waals surface area contributed by atoms with Crippen LogP contribution < -0.4 is 21.7 Å². The average molecular weight is 500 g/mol. The zero-order chi connectivity index (χ0) is 26.2. The first-order chi connectivity index (χ1) is 18.0. The van der Waals surface area contributed by atoms with E-state index in [1.807, 2.05) is 30.3 Å². The molecule has 0 saturated heterocycles. The summed E-state index contributed by atoms with van der Waals surface area (Å²) >= 11 is 0. The fourth-order valence-electron chi connectivity index (χ4n) is 4.82. The maximum absolute atomic E-state index is 13.0. The third-order valence-electron chi connectivity index (χ3n) is 7.07. The number of hydrogen-bond acceptors (Lipinski definition) is 4. The monoisotopic (exact) mass is 499 g/mol. The Bertz CT molecular complexity index is 1220. The van der Waals surface area contributed by atoms with Gasteiger partial charge in [0.1, 0.15) is 0 Å². The van der Waals surface area contributed by atoms with Crippen LogP contribution in [0.25, 0.3) is 0 Å². The molecular formula is C30H37N5O2. The highest BCUT2D eigenvalue weighted by Gasteiger charge is 2.18. The fraction of sp³-hybridized carbons (Fsp3) is 0.333. The molecule has 3 aromatic carbocycles. The summed E-state index contributed by atoms with van der Waals surface area (Å²) in [6.45, 7) is 7.03. The van der Waals surface area contributed by atoms with Crippen LogP contribution in [0, 0.1) is 0 Å². The minimum atomic E-state index is -0.233. The smallest absolute Gasteiger partial charge is 0.319 e. The maximum Gasteiger partial charge on any atom is 0.319 e. The summed E-state index contributed by atoms with van der Waals surface area (Å²) in [5.41, 5.74) is 12.0. The van der Waals surface area contributed by atoms with Gasteiger partial charge in [-0.15, -0.1) is 0 Å².